The van der Waals surface area contributed by atoms with Gasteiger partial charge in [-0.3, -0.25) is 14.9 Å². The van der Waals surface area contributed by atoms with Gasteiger partial charge in [-0.15, -0.1) is 0 Å². The molecule has 0 aliphatic heterocycles. The first kappa shape index (κ1) is 14.2. The number of para-hydroxylation sites is 1. The van der Waals surface area contributed by atoms with Gasteiger partial charge in [0.05, 0.1) is 10.5 Å². The SMILES string of the molecule is O=C(/C=C/c1ccccc1[N+](=O)[O-])c1ccc2c(c1)CCC2. The Morgan fingerprint density at radius 1 is 1.09 bits per heavy atom. The average Bonchev–Trinajstić information content (AvgIpc) is 3.00. The minimum Gasteiger partial charge on any atom is -0.289 e. The van der Waals surface area contributed by atoms with E-state index in [2.05, 4.69) is 0 Å². The van der Waals surface area contributed by atoms with E-state index in [1.165, 1.54) is 29.3 Å². The van der Waals surface area contributed by atoms with Crippen LogP contribution in [0.3, 0.4) is 0 Å². The third-order valence-electron chi connectivity index (χ3n) is 3.93. The summed E-state index contributed by atoms with van der Waals surface area (Å²) >= 11 is 0. The lowest BCUT2D eigenvalue weighted by Gasteiger charge is -2.02. The maximum absolute atomic E-state index is 12.2. The third-order valence-corrected chi connectivity index (χ3v) is 3.93. The Bertz CT molecular complexity index is 778. The highest BCUT2D eigenvalue weighted by Gasteiger charge is 2.13. The van der Waals surface area contributed by atoms with E-state index in [1.807, 2.05) is 18.2 Å². The van der Waals surface area contributed by atoms with Crippen molar-refractivity contribution in [3.05, 3.63) is 80.9 Å². The van der Waals surface area contributed by atoms with Crippen molar-refractivity contribution in [3.8, 4) is 0 Å². The predicted octanol–water partition coefficient (Wildman–Crippen LogP) is 3.98. The van der Waals surface area contributed by atoms with Gasteiger partial charge in [-0.1, -0.05) is 24.3 Å². The van der Waals surface area contributed by atoms with Crippen LogP contribution in [0.5, 0.6) is 0 Å². The Labute approximate surface area is 128 Å². The van der Waals surface area contributed by atoms with E-state index in [9.17, 15) is 14.9 Å². The van der Waals surface area contributed by atoms with E-state index < -0.39 is 4.92 Å². The van der Waals surface area contributed by atoms with Crippen molar-refractivity contribution < 1.29 is 9.72 Å². The van der Waals surface area contributed by atoms with Crippen molar-refractivity contribution in [3.63, 3.8) is 0 Å². The summed E-state index contributed by atoms with van der Waals surface area (Å²) < 4.78 is 0. The number of ketones is 1. The third kappa shape index (κ3) is 2.81. The minimum absolute atomic E-state index is 0.000466. The molecule has 22 heavy (non-hydrogen) atoms. The monoisotopic (exact) mass is 293 g/mol. The van der Waals surface area contributed by atoms with E-state index in [4.69, 9.17) is 0 Å². The highest BCUT2D eigenvalue weighted by atomic mass is 16.6. The first-order valence-electron chi connectivity index (χ1n) is 7.23. The van der Waals surface area contributed by atoms with Crippen LogP contribution in [0.1, 0.15) is 33.5 Å². The van der Waals surface area contributed by atoms with Crippen LogP contribution in [0.4, 0.5) is 5.69 Å². The molecule has 0 fully saturated rings. The number of carbonyl (C=O) groups is 1. The first-order valence-corrected chi connectivity index (χ1v) is 7.23. The van der Waals surface area contributed by atoms with Gasteiger partial charge in [-0.2, -0.15) is 0 Å². The number of nitro benzene ring substituents is 1. The summed E-state index contributed by atoms with van der Waals surface area (Å²) in [5.41, 5.74) is 3.63. The molecular weight excluding hydrogens is 278 g/mol. The zero-order valence-electron chi connectivity index (χ0n) is 12.0. The molecule has 2 aromatic carbocycles. The molecule has 0 unspecified atom stereocenters. The molecule has 0 radical (unpaired) electrons. The Balaban J connectivity index is 1.84. The molecule has 0 heterocycles. The van der Waals surface area contributed by atoms with Gasteiger partial charge in [0.15, 0.2) is 5.78 Å². The van der Waals surface area contributed by atoms with Crippen molar-refractivity contribution in [1.82, 2.24) is 0 Å². The molecule has 0 N–H and O–H groups in total. The number of hydrogen-bond acceptors (Lipinski definition) is 3. The fourth-order valence-electron chi connectivity index (χ4n) is 2.78. The number of benzene rings is 2. The van der Waals surface area contributed by atoms with Crippen molar-refractivity contribution in [2.75, 3.05) is 0 Å². The second-order valence-electron chi connectivity index (χ2n) is 5.35. The van der Waals surface area contributed by atoms with Gasteiger partial charge in [0.25, 0.3) is 5.69 Å². The first-order chi connectivity index (χ1) is 10.6. The van der Waals surface area contributed by atoms with E-state index in [0.29, 0.717) is 11.1 Å². The van der Waals surface area contributed by atoms with Crippen molar-refractivity contribution in [2.24, 2.45) is 0 Å². The van der Waals surface area contributed by atoms with Gasteiger partial charge < -0.3 is 0 Å². The number of fused-ring (bicyclic) bond motifs is 1. The lowest BCUT2D eigenvalue weighted by molar-refractivity contribution is -0.385. The number of rotatable bonds is 4. The topological polar surface area (TPSA) is 60.2 Å². The maximum atomic E-state index is 12.2. The maximum Gasteiger partial charge on any atom is 0.276 e. The molecule has 4 nitrogen and oxygen atoms in total. The Morgan fingerprint density at radius 3 is 2.68 bits per heavy atom. The number of carbonyl (C=O) groups excluding carboxylic acids is 1. The van der Waals surface area contributed by atoms with E-state index in [1.54, 1.807) is 18.2 Å². The number of aryl methyl sites for hydroxylation is 2. The highest BCUT2D eigenvalue weighted by molar-refractivity contribution is 6.07. The number of nitro groups is 1. The second kappa shape index (κ2) is 5.93. The summed E-state index contributed by atoms with van der Waals surface area (Å²) in [6, 6.07) is 12.2. The smallest absolute Gasteiger partial charge is 0.276 e. The van der Waals surface area contributed by atoms with Gasteiger partial charge >= 0.3 is 0 Å². The highest BCUT2D eigenvalue weighted by Crippen LogP contribution is 2.24. The molecule has 0 atom stereocenters. The predicted molar refractivity (Wildman–Crippen MR) is 84.9 cm³/mol. The number of hydrogen-bond donors (Lipinski definition) is 0. The molecule has 0 aromatic heterocycles. The van der Waals surface area contributed by atoms with Gasteiger partial charge in [0.2, 0.25) is 0 Å². The molecule has 0 bridgehead atoms. The minimum atomic E-state index is -0.445. The second-order valence-corrected chi connectivity index (χ2v) is 5.35. The van der Waals surface area contributed by atoms with E-state index in [0.717, 1.165) is 19.3 Å². The standard InChI is InChI=1S/C18H15NO3/c20-18(16-9-8-13-5-3-6-15(13)12-16)11-10-14-4-1-2-7-17(14)19(21)22/h1-2,4,7-12H,3,5-6H2/b11-10+. The van der Waals surface area contributed by atoms with Crippen molar-refractivity contribution in [2.45, 2.75) is 19.3 Å². The summed E-state index contributed by atoms with van der Waals surface area (Å²) in [5, 5.41) is 11.0. The molecular formula is C18H15NO3. The molecule has 3 rings (SSSR count). The summed E-state index contributed by atoms with van der Waals surface area (Å²) in [6.45, 7) is 0. The van der Waals surface area contributed by atoms with E-state index in [-0.39, 0.29) is 11.5 Å². The largest absolute Gasteiger partial charge is 0.289 e. The summed E-state index contributed by atoms with van der Waals surface area (Å²) in [5.74, 6) is -0.132. The molecule has 1 aliphatic carbocycles. The number of allylic oxidation sites excluding steroid dienone is 1. The summed E-state index contributed by atoms with van der Waals surface area (Å²) in [6.07, 6.45) is 6.14. The Morgan fingerprint density at radius 2 is 1.86 bits per heavy atom. The van der Waals surface area contributed by atoms with E-state index >= 15 is 0 Å². The fraction of sp³-hybridized carbons (Fsp3) is 0.167. The zero-order chi connectivity index (χ0) is 15.5. The van der Waals surface area contributed by atoms with Crippen molar-refractivity contribution >= 4 is 17.5 Å². The molecule has 2 aromatic rings. The van der Waals surface area contributed by atoms with Crippen LogP contribution in [0.15, 0.2) is 48.5 Å². The quantitative estimate of drug-likeness (QED) is 0.371. The molecule has 0 saturated carbocycles. The van der Waals surface area contributed by atoms with Gasteiger partial charge in [0.1, 0.15) is 0 Å². The molecule has 0 amide bonds. The average molecular weight is 293 g/mol. The van der Waals surface area contributed by atoms with Crippen LogP contribution in [0, 0.1) is 10.1 Å². The Hall–Kier alpha value is -2.75. The molecule has 1 aliphatic rings. The lowest BCUT2D eigenvalue weighted by Crippen LogP contribution is -1.97. The van der Waals surface area contributed by atoms with Crippen LogP contribution in [-0.2, 0) is 12.8 Å². The zero-order valence-corrected chi connectivity index (χ0v) is 12.0. The molecule has 110 valence electrons. The molecule has 4 heteroatoms. The molecule has 0 spiro atoms. The van der Waals surface area contributed by atoms with Gasteiger partial charge in [-0.05, 0) is 54.7 Å². The summed E-state index contributed by atoms with van der Waals surface area (Å²) in [7, 11) is 0. The Kier molecular flexibility index (Phi) is 3.83. The van der Waals surface area contributed by atoms with Crippen LogP contribution < -0.4 is 0 Å². The van der Waals surface area contributed by atoms with Crippen LogP contribution in [-0.4, -0.2) is 10.7 Å². The van der Waals surface area contributed by atoms with Gasteiger partial charge in [0, 0.05) is 11.6 Å². The molecule has 0 saturated heterocycles. The number of nitrogens with zero attached hydrogens (tertiary/aromatic N) is 1. The normalized spacial score (nSPS) is 13.3. The van der Waals surface area contributed by atoms with Crippen LogP contribution >= 0.6 is 0 Å². The van der Waals surface area contributed by atoms with Crippen LogP contribution in [0.25, 0.3) is 6.08 Å². The van der Waals surface area contributed by atoms with Crippen molar-refractivity contribution in [1.29, 1.82) is 0 Å². The lowest BCUT2D eigenvalue weighted by atomic mass is 10.0. The van der Waals surface area contributed by atoms with Crippen LogP contribution in [0.2, 0.25) is 0 Å². The fourth-order valence-corrected chi connectivity index (χ4v) is 2.78. The van der Waals surface area contributed by atoms with Gasteiger partial charge in [-0.25, -0.2) is 0 Å². The summed E-state index contributed by atoms with van der Waals surface area (Å²) in [4.78, 5) is 22.7.